The van der Waals surface area contributed by atoms with Gasteiger partial charge in [0.2, 0.25) is 0 Å². The van der Waals surface area contributed by atoms with Crippen molar-refractivity contribution in [3.8, 4) is 0 Å². The van der Waals surface area contributed by atoms with Crippen molar-refractivity contribution in [3.05, 3.63) is 0 Å². The molecular weight excluding hydrogens is 210 g/mol. The fourth-order valence-electron chi connectivity index (χ4n) is 2.65. The smallest absolute Gasteiger partial charge is 0.0193 e. The van der Waals surface area contributed by atoms with Crippen LogP contribution < -0.4 is 5.73 Å². The zero-order valence-electron chi connectivity index (χ0n) is 12.2. The number of nitrogens with two attached hydrogens (primary N) is 1. The van der Waals surface area contributed by atoms with Crippen LogP contribution in [-0.2, 0) is 0 Å². The molecule has 1 rings (SSSR count). The molecule has 3 nitrogen and oxygen atoms in total. The summed E-state index contributed by atoms with van der Waals surface area (Å²) in [5, 5.41) is 0. The van der Waals surface area contributed by atoms with Gasteiger partial charge in [-0.2, -0.15) is 0 Å². The largest absolute Gasteiger partial charge is 0.326 e. The number of piperidine rings is 1. The summed E-state index contributed by atoms with van der Waals surface area (Å²) in [4.78, 5) is 4.87. The van der Waals surface area contributed by atoms with Crippen LogP contribution in [0.2, 0.25) is 0 Å². The summed E-state index contributed by atoms with van der Waals surface area (Å²) in [5.74, 6) is 1.54. The molecule has 0 aromatic heterocycles. The van der Waals surface area contributed by atoms with Crippen LogP contribution in [0.25, 0.3) is 0 Å². The Labute approximate surface area is 107 Å². The van der Waals surface area contributed by atoms with Gasteiger partial charge in [-0.05, 0) is 51.9 Å². The third kappa shape index (κ3) is 5.36. The second-order valence-electron chi connectivity index (χ2n) is 6.06. The molecule has 17 heavy (non-hydrogen) atoms. The Morgan fingerprint density at radius 3 is 2.35 bits per heavy atom. The summed E-state index contributed by atoms with van der Waals surface area (Å²) in [6.07, 6.45) is 3.87. The third-order valence-corrected chi connectivity index (χ3v) is 4.17. The van der Waals surface area contributed by atoms with E-state index >= 15 is 0 Å². The molecule has 0 bridgehead atoms. The van der Waals surface area contributed by atoms with E-state index in [-0.39, 0.29) is 0 Å². The van der Waals surface area contributed by atoms with Crippen molar-refractivity contribution < 1.29 is 0 Å². The molecule has 0 unspecified atom stereocenters. The minimum Gasteiger partial charge on any atom is -0.326 e. The minimum absolute atomic E-state index is 0.352. The van der Waals surface area contributed by atoms with E-state index in [0.29, 0.717) is 12.0 Å². The summed E-state index contributed by atoms with van der Waals surface area (Å²) in [5.41, 5.74) is 6.22. The number of hydrogen-bond donors (Lipinski definition) is 1. The first-order valence-corrected chi connectivity index (χ1v) is 7.15. The Kier molecular flexibility index (Phi) is 6.45. The highest BCUT2D eigenvalue weighted by atomic mass is 15.1. The molecule has 1 aliphatic rings. The highest BCUT2D eigenvalue weighted by molar-refractivity contribution is 4.78. The maximum atomic E-state index is 6.22. The molecule has 0 spiro atoms. The molecule has 0 amide bonds. The Balaban J connectivity index is 2.23. The molecule has 0 aromatic carbocycles. The maximum absolute atomic E-state index is 6.22. The average molecular weight is 241 g/mol. The van der Waals surface area contributed by atoms with Gasteiger partial charge in [-0.25, -0.2) is 0 Å². The van der Waals surface area contributed by atoms with E-state index in [2.05, 4.69) is 37.7 Å². The lowest BCUT2D eigenvalue weighted by Gasteiger charge is -2.35. The Bertz CT molecular complexity index is 198. The molecule has 102 valence electrons. The molecule has 2 atom stereocenters. The molecule has 0 aliphatic carbocycles. The molecule has 0 aromatic rings. The number of likely N-dealkylation sites (tertiary alicyclic amines) is 1. The second kappa shape index (κ2) is 7.34. The molecule has 3 heteroatoms. The summed E-state index contributed by atoms with van der Waals surface area (Å²) in [6.45, 7) is 9.30. The Morgan fingerprint density at radius 1 is 1.29 bits per heavy atom. The second-order valence-corrected chi connectivity index (χ2v) is 6.06. The molecule has 1 fully saturated rings. The normalized spacial score (nSPS) is 22.9. The predicted octanol–water partition coefficient (Wildman–Crippen LogP) is 1.63. The molecule has 2 N–H and O–H groups in total. The fraction of sp³-hybridized carbons (Fsp3) is 1.00. The molecule has 1 saturated heterocycles. The van der Waals surface area contributed by atoms with Gasteiger partial charge in [0, 0.05) is 19.1 Å². The average Bonchev–Trinajstić information content (AvgIpc) is 2.30. The first-order chi connectivity index (χ1) is 8.02. The van der Waals surface area contributed by atoms with E-state index in [1.807, 2.05) is 0 Å². The fourth-order valence-corrected chi connectivity index (χ4v) is 2.65. The lowest BCUT2D eigenvalue weighted by Crippen LogP contribution is -2.45. The van der Waals surface area contributed by atoms with Crippen molar-refractivity contribution in [1.82, 2.24) is 9.80 Å². The Hall–Kier alpha value is -0.120. The molecule has 0 saturated carbocycles. The van der Waals surface area contributed by atoms with Crippen molar-refractivity contribution in [2.75, 3.05) is 40.3 Å². The van der Waals surface area contributed by atoms with E-state index < -0.39 is 0 Å². The van der Waals surface area contributed by atoms with E-state index in [4.69, 9.17) is 5.73 Å². The monoisotopic (exact) mass is 241 g/mol. The van der Waals surface area contributed by atoms with Gasteiger partial charge in [-0.3, -0.25) is 0 Å². The van der Waals surface area contributed by atoms with E-state index in [9.17, 15) is 0 Å². The quantitative estimate of drug-likeness (QED) is 0.767. The van der Waals surface area contributed by atoms with Crippen molar-refractivity contribution in [2.45, 2.75) is 39.2 Å². The standard InChI is InChI=1S/C14H31N3/c1-5-12(2)14(15)11-17-8-6-13(7-9-17)10-16(3)4/h12-14H,5-11,15H2,1-4H3/t12-,14+/m0/s1. The minimum atomic E-state index is 0.352. The number of rotatable bonds is 6. The van der Waals surface area contributed by atoms with Crippen LogP contribution in [0.3, 0.4) is 0 Å². The summed E-state index contributed by atoms with van der Waals surface area (Å²) in [6, 6.07) is 0.352. The van der Waals surface area contributed by atoms with E-state index in [1.165, 1.54) is 38.9 Å². The molecule has 1 heterocycles. The zero-order valence-corrected chi connectivity index (χ0v) is 12.2. The summed E-state index contributed by atoms with van der Waals surface area (Å²) < 4.78 is 0. The van der Waals surface area contributed by atoms with E-state index in [1.54, 1.807) is 0 Å². The highest BCUT2D eigenvalue weighted by Gasteiger charge is 2.22. The van der Waals surface area contributed by atoms with Gasteiger partial charge in [0.05, 0.1) is 0 Å². The van der Waals surface area contributed by atoms with E-state index in [0.717, 1.165) is 12.5 Å². The third-order valence-electron chi connectivity index (χ3n) is 4.17. The van der Waals surface area contributed by atoms with Gasteiger partial charge in [-0.15, -0.1) is 0 Å². The highest BCUT2D eigenvalue weighted by Crippen LogP contribution is 2.18. The van der Waals surface area contributed by atoms with Crippen LogP contribution >= 0.6 is 0 Å². The zero-order chi connectivity index (χ0) is 12.8. The summed E-state index contributed by atoms with van der Waals surface area (Å²) >= 11 is 0. The van der Waals surface area contributed by atoms with Crippen LogP contribution in [0.4, 0.5) is 0 Å². The number of nitrogens with zero attached hydrogens (tertiary/aromatic N) is 2. The van der Waals surface area contributed by atoms with Crippen molar-refractivity contribution in [3.63, 3.8) is 0 Å². The van der Waals surface area contributed by atoms with Gasteiger partial charge in [0.1, 0.15) is 0 Å². The first kappa shape index (κ1) is 14.9. The van der Waals surface area contributed by atoms with Gasteiger partial charge in [-0.1, -0.05) is 20.3 Å². The van der Waals surface area contributed by atoms with Gasteiger partial charge >= 0.3 is 0 Å². The maximum Gasteiger partial charge on any atom is 0.0193 e. The van der Waals surface area contributed by atoms with Crippen molar-refractivity contribution in [1.29, 1.82) is 0 Å². The van der Waals surface area contributed by atoms with Gasteiger partial charge in [0.25, 0.3) is 0 Å². The summed E-state index contributed by atoms with van der Waals surface area (Å²) in [7, 11) is 4.34. The topological polar surface area (TPSA) is 32.5 Å². The van der Waals surface area contributed by atoms with Crippen LogP contribution in [0.15, 0.2) is 0 Å². The lowest BCUT2D eigenvalue weighted by atomic mass is 9.94. The predicted molar refractivity (Wildman–Crippen MR) is 75.1 cm³/mol. The van der Waals surface area contributed by atoms with Gasteiger partial charge in [0.15, 0.2) is 0 Å². The van der Waals surface area contributed by atoms with Crippen LogP contribution in [0.5, 0.6) is 0 Å². The number of hydrogen-bond acceptors (Lipinski definition) is 3. The SMILES string of the molecule is CC[C@H](C)[C@H](N)CN1CCC(CN(C)C)CC1. The van der Waals surface area contributed by atoms with Crippen LogP contribution in [0, 0.1) is 11.8 Å². The van der Waals surface area contributed by atoms with Crippen molar-refractivity contribution in [2.24, 2.45) is 17.6 Å². The molecule has 1 aliphatic heterocycles. The lowest BCUT2D eigenvalue weighted by molar-refractivity contribution is 0.147. The van der Waals surface area contributed by atoms with Crippen molar-refractivity contribution >= 4 is 0 Å². The first-order valence-electron chi connectivity index (χ1n) is 7.15. The Morgan fingerprint density at radius 2 is 1.88 bits per heavy atom. The molecule has 0 radical (unpaired) electrons. The van der Waals surface area contributed by atoms with Gasteiger partial charge < -0.3 is 15.5 Å². The van der Waals surface area contributed by atoms with Crippen LogP contribution in [0.1, 0.15) is 33.1 Å². The molecular formula is C14H31N3. The van der Waals surface area contributed by atoms with Crippen LogP contribution in [-0.4, -0.2) is 56.1 Å².